The molecule has 1 heterocycles. The normalized spacial score (nSPS) is 22.8. The molecule has 1 saturated heterocycles. The number of likely N-dealkylation sites (tertiary alicyclic amines) is 1. The van der Waals surface area contributed by atoms with E-state index >= 15 is 0 Å². The van der Waals surface area contributed by atoms with Crippen LogP contribution in [-0.4, -0.2) is 62.5 Å². The Bertz CT molecular complexity index is 475. The zero-order chi connectivity index (χ0) is 16.7. The van der Waals surface area contributed by atoms with Gasteiger partial charge in [-0.2, -0.15) is 0 Å². The summed E-state index contributed by atoms with van der Waals surface area (Å²) in [5, 5.41) is 3.14. The maximum absolute atomic E-state index is 12.4. The fourth-order valence-electron chi connectivity index (χ4n) is 3.32. The van der Waals surface area contributed by atoms with Crippen molar-refractivity contribution in [2.24, 2.45) is 5.92 Å². The Morgan fingerprint density at radius 1 is 1.22 bits per heavy atom. The van der Waals surface area contributed by atoms with Gasteiger partial charge in [0.1, 0.15) is 0 Å². The summed E-state index contributed by atoms with van der Waals surface area (Å²) in [5.74, 6) is 0.353. The molecule has 2 atom stereocenters. The van der Waals surface area contributed by atoms with E-state index in [1.165, 1.54) is 5.56 Å². The maximum Gasteiger partial charge on any atom is 0.224 e. The van der Waals surface area contributed by atoms with E-state index in [0.717, 1.165) is 45.3 Å². The molecule has 0 aromatic heterocycles. The van der Waals surface area contributed by atoms with E-state index in [-0.39, 0.29) is 11.8 Å². The first kappa shape index (κ1) is 18.0. The number of hydrogen-bond donors (Lipinski definition) is 1. The van der Waals surface area contributed by atoms with E-state index in [1.807, 2.05) is 6.07 Å². The monoisotopic (exact) mass is 317 g/mol. The van der Waals surface area contributed by atoms with Gasteiger partial charge in [-0.05, 0) is 52.4 Å². The van der Waals surface area contributed by atoms with Gasteiger partial charge in [0.05, 0.1) is 5.92 Å². The molecule has 0 unspecified atom stereocenters. The third kappa shape index (κ3) is 5.96. The minimum absolute atomic E-state index is 0.127. The zero-order valence-corrected chi connectivity index (χ0v) is 14.8. The summed E-state index contributed by atoms with van der Waals surface area (Å²) in [6, 6.07) is 11.0. The van der Waals surface area contributed by atoms with E-state index < -0.39 is 0 Å². The molecule has 0 bridgehead atoms. The minimum Gasteiger partial charge on any atom is -0.356 e. The fourth-order valence-corrected chi connectivity index (χ4v) is 3.32. The molecule has 1 aliphatic heterocycles. The first-order valence-corrected chi connectivity index (χ1v) is 8.73. The number of nitrogens with zero attached hydrogens (tertiary/aromatic N) is 2. The molecule has 4 heteroatoms. The quantitative estimate of drug-likeness (QED) is 0.815. The van der Waals surface area contributed by atoms with Crippen LogP contribution in [-0.2, 0) is 11.2 Å². The maximum atomic E-state index is 12.4. The predicted octanol–water partition coefficient (Wildman–Crippen LogP) is 2.01. The summed E-state index contributed by atoms with van der Waals surface area (Å²) in [4.78, 5) is 17.0. The second-order valence-corrected chi connectivity index (χ2v) is 6.99. The molecule has 0 radical (unpaired) electrons. The number of benzene rings is 1. The Labute approximate surface area is 140 Å². The van der Waals surface area contributed by atoms with Gasteiger partial charge >= 0.3 is 0 Å². The number of hydrogen-bond acceptors (Lipinski definition) is 3. The first-order valence-electron chi connectivity index (χ1n) is 8.73. The van der Waals surface area contributed by atoms with E-state index in [9.17, 15) is 4.79 Å². The molecule has 128 valence electrons. The summed E-state index contributed by atoms with van der Waals surface area (Å²) in [7, 11) is 6.38. The van der Waals surface area contributed by atoms with Crippen molar-refractivity contribution in [2.75, 3.05) is 40.8 Å². The van der Waals surface area contributed by atoms with Gasteiger partial charge in [0, 0.05) is 25.7 Å². The Balaban J connectivity index is 1.72. The van der Waals surface area contributed by atoms with Crippen LogP contribution < -0.4 is 5.32 Å². The van der Waals surface area contributed by atoms with Crippen LogP contribution in [0.4, 0.5) is 0 Å². The lowest BCUT2D eigenvalue weighted by atomic mass is 10.0. The molecule has 0 aliphatic carbocycles. The number of carbonyl (C=O) groups is 1. The molecule has 1 fully saturated rings. The van der Waals surface area contributed by atoms with Gasteiger partial charge in [0.15, 0.2) is 0 Å². The summed E-state index contributed by atoms with van der Waals surface area (Å²) in [6.45, 7) is 2.69. The Morgan fingerprint density at radius 3 is 2.65 bits per heavy atom. The van der Waals surface area contributed by atoms with Crippen molar-refractivity contribution >= 4 is 5.91 Å². The lowest BCUT2D eigenvalue weighted by molar-refractivity contribution is -0.125. The van der Waals surface area contributed by atoms with Gasteiger partial charge in [-0.25, -0.2) is 0 Å². The molecule has 0 spiro atoms. The third-order valence-corrected chi connectivity index (χ3v) is 4.79. The Hall–Kier alpha value is -1.39. The van der Waals surface area contributed by atoms with E-state index in [1.54, 1.807) is 0 Å². The van der Waals surface area contributed by atoms with Gasteiger partial charge in [-0.3, -0.25) is 4.79 Å². The summed E-state index contributed by atoms with van der Waals surface area (Å²) < 4.78 is 0. The highest BCUT2D eigenvalue weighted by Gasteiger charge is 2.27. The van der Waals surface area contributed by atoms with E-state index in [0.29, 0.717) is 6.04 Å². The average Bonchev–Trinajstić information content (AvgIpc) is 2.74. The molecule has 23 heavy (non-hydrogen) atoms. The Morgan fingerprint density at radius 2 is 1.96 bits per heavy atom. The second kappa shape index (κ2) is 9.04. The van der Waals surface area contributed by atoms with Crippen LogP contribution in [0.25, 0.3) is 0 Å². The van der Waals surface area contributed by atoms with Crippen LogP contribution in [0.15, 0.2) is 30.3 Å². The van der Waals surface area contributed by atoms with Crippen molar-refractivity contribution in [1.82, 2.24) is 15.1 Å². The zero-order valence-electron chi connectivity index (χ0n) is 14.8. The largest absolute Gasteiger partial charge is 0.356 e. The molecule has 1 aliphatic rings. The number of amides is 1. The van der Waals surface area contributed by atoms with Crippen molar-refractivity contribution in [3.8, 4) is 0 Å². The molecule has 4 nitrogen and oxygen atoms in total. The first-order chi connectivity index (χ1) is 11.1. The smallest absolute Gasteiger partial charge is 0.224 e. The molecule has 1 N–H and O–H groups in total. The van der Waals surface area contributed by atoms with Crippen molar-refractivity contribution < 1.29 is 4.79 Å². The minimum atomic E-state index is 0.127. The summed E-state index contributed by atoms with van der Waals surface area (Å²) in [6.07, 6.45) is 4.10. The van der Waals surface area contributed by atoms with Crippen LogP contribution in [0.2, 0.25) is 0 Å². The topological polar surface area (TPSA) is 35.6 Å². The van der Waals surface area contributed by atoms with Crippen LogP contribution in [0, 0.1) is 5.92 Å². The van der Waals surface area contributed by atoms with E-state index in [2.05, 4.69) is 60.5 Å². The van der Waals surface area contributed by atoms with Crippen LogP contribution in [0.1, 0.15) is 24.8 Å². The Kier molecular flexibility index (Phi) is 7.06. The highest BCUT2D eigenvalue weighted by atomic mass is 16.1. The van der Waals surface area contributed by atoms with Crippen molar-refractivity contribution in [3.63, 3.8) is 0 Å². The lowest BCUT2D eigenvalue weighted by Gasteiger charge is -2.25. The van der Waals surface area contributed by atoms with Gasteiger partial charge in [0.25, 0.3) is 0 Å². The lowest BCUT2D eigenvalue weighted by Crippen LogP contribution is -2.39. The highest BCUT2D eigenvalue weighted by molar-refractivity contribution is 5.78. The van der Waals surface area contributed by atoms with Crippen molar-refractivity contribution in [3.05, 3.63) is 35.9 Å². The van der Waals surface area contributed by atoms with Crippen molar-refractivity contribution in [2.45, 2.75) is 31.7 Å². The molecule has 1 amide bonds. The molecular weight excluding hydrogens is 286 g/mol. The number of nitrogens with one attached hydrogen (secondary N) is 1. The van der Waals surface area contributed by atoms with Gasteiger partial charge in [-0.1, -0.05) is 30.3 Å². The fraction of sp³-hybridized carbons (Fsp3) is 0.632. The number of carbonyl (C=O) groups excluding carboxylic acids is 1. The average molecular weight is 317 g/mol. The number of aryl methyl sites for hydroxylation is 1. The number of rotatable bonds is 6. The number of likely N-dealkylation sites (N-methyl/N-ethyl adjacent to an activating group) is 2. The molecular formula is C19H31N3O. The van der Waals surface area contributed by atoms with Gasteiger partial charge < -0.3 is 15.1 Å². The van der Waals surface area contributed by atoms with Crippen LogP contribution in [0.5, 0.6) is 0 Å². The van der Waals surface area contributed by atoms with Crippen molar-refractivity contribution in [1.29, 1.82) is 0 Å². The summed E-state index contributed by atoms with van der Waals surface area (Å²) in [5.41, 5.74) is 1.34. The molecule has 0 saturated carbocycles. The second-order valence-electron chi connectivity index (χ2n) is 6.99. The van der Waals surface area contributed by atoms with Gasteiger partial charge in [-0.15, -0.1) is 0 Å². The van der Waals surface area contributed by atoms with E-state index in [4.69, 9.17) is 0 Å². The molecule has 2 rings (SSSR count). The standard InChI is InChI=1S/C19H31N3O/c1-21(2)18-12-11-17(14-22(3)15-18)19(23)20-13-7-10-16-8-5-4-6-9-16/h4-6,8-9,17-18H,7,10-15H2,1-3H3,(H,20,23)/t17-,18+/m1/s1. The van der Waals surface area contributed by atoms with Crippen LogP contribution in [0.3, 0.4) is 0 Å². The molecule has 1 aromatic carbocycles. The highest BCUT2D eigenvalue weighted by Crippen LogP contribution is 2.18. The van der Waals surface area contributed by atoms with Crippen LogP contribution >= 0.6 is 0 Å². The SMILES string of the molecule is CN1C[C@H](C(=O)NCCCc2ccccc2)CC[C@H](N(C)C)C1. The van der Waals surface area contributed by atoms with Gasteiger partial charge in [0.2, 0.25) is 5.91 Å². The molecule has 1 aromatic rings. The third-order valence-electron chi connectivity index (χ3n) is 4.79. The predicted molar refractivity (Wildman–Crippen MR) is 95.5 cm³/mol. The summed E-state index contributed by atoms with van der Waals surface area (Å²) >= 11 is 0.